The average Bonchev–Trinajstić information content (AvgIpc) is 2.47. The number of hydrogen-bond donors (Lipinski definition) is 0. The lowest BCUT2D eigenvalue weighted by Gasteiger charge is -2.20. The highest BCUT2D eigenvalue weighted by Crippen LogP contribution is 2.50. The Bertz CT molecular complexity index is 132. The maximum absolute atomic E-state index is 4.01. The van der Waals surface area contributed by atoms with Crippen LogP contribution in [0, 0.1) is 5.41 Å². The van der Waals surface area contributed by atoms with Gasteiger partial charge in [0.2, 0.25) is 0 Å². The number of allylic oxidation sites excluding steroid dienone is 1. The van der Waals surface area contributed by atoms with Crippen molar-refractivity contribution in [2.75, 3.05) is 14.1 Å². The summed E-state index contributed by atoms with van der Waals surface area (Å²) in [5.74, 6) is 0. The predicted molar refractivity (Wildman–Crippen MR) is 40.2 cm³/mol. The third-order valence-electron chi connectivity index (χ3n) is 2.24. The summed E-state index contributed by atoms with van der Waals surface area (Å²) in [6, 6.07) is 0. The summed E-state index contributed by atoms with van der Waals surface area (Å²) in [7, 11) is 4.12. The van der Waals surface area contributed by atoms with Crippen LogP contribution >= 0.6 is 0 Å². The van der Waals surface area contributed by atoms with E-state index < -0.39 is 0 Å². The first-order valence-corrected chi connectivity index (χ1v) is 3.43. The van der Waals surface area contributed by atoms with Crippen molar-refractivity contribution in [2.45, 2.75) is 19.8 Å². The highest BCUT2D eigenvalue weighted by Gasteiger charge is 2.40. The second kappa shape index (κ2) is 1.76. The summed E-state index contributed by atoms with van der Waals surface area (Å²) in [6.07, 6.45) is 2.65. The summed E-state index contributed by atoms with van der Waals surface area (Å²) in [5.41, 5.74) is 1.74. The molecule has 0 unspecified atom stereocenters. The third-order valence-corrected chi connectivity index (χ3v) is 2.24. The van der Waals surface area contributed by atoms with Gasteiger partial charge in [-0.15, -0.1) is 0 Å². The molecule has 0 saturated heterocycles. The molecule has 1 saturated carbocycles. The number of nitrogens with zero attached hydrogens (tertiary/aromatic N) is 1. The van der Waals surface area contributed by atoms with Crippen LogP contribution in [0.15, 0.2) is 12.3 Å². The van der Waals surface area contributed by atoms with Gasteiger partial charge in [0.25, 0.3) is 0 Å². The molecule has 0 spiro atoms. The quantitative estimate of drug-likeness (QED) is 0.544. The van der Waals surface area contributed by atoms with Gasteiger partial charge >= 0.3 is 0 Å². The van der Waals surface area contributed by atoms with E-state index >= 15 is 0 Å². The molecule has 52 valence electrons. The smallest absolute Gasteiger partial charge is 0.0115 e. The molecule has 1 aliphatic rings. The minimum Gasteiger partial charge on any atom is -0.381 e. The van der Waals surface area contributed by atoms with Gasteiger partial charge in [0, 0.05) is 25.2 Å². The van der Waals surface area contributed by atoms with E-state index in [0.29, 0.717) is 5.41 Å². The molecule has 0 atom stereocenters. The van der Waals surface area contributed by atoms with E-state index in [2.05, 4.69) is 32.5 Å². The fraction of sp³-hybridized carbons (Fsp3) is 0.750. The molecule has 0 aliphatic heterocycles. The topological polar surface area (TPSA) is 3.24 Å². The van der Waals surface area contributed by atoms with Crippen LogP contribution in [-0.2, 0) is 0 Å². The van der Waals surface area contributed by atoms with Crippen molar-refractivity contribution in [3.63, 3.8) is 0 Å². The van der Waals surface area contributed by atoms with Crippen LogP contribution in [-0.4, -0.2) is 19.0 Å². The van der Waals surface area contributed by atoms with Gasteiger partial charge in [-0.3, -0.25) is 0 Å². The summed E-state index contributed by atoms with van der Waals surface area (Å²) in [5, 5.41) is 0. The standard InChI is InChI=1S/C8H15N/c1-7(9(3)4)8(2)5-6-8/h1,5-6H2,2-4H3. The Labute approximate surface area is 57.4 Å². The van der Waals surface area contributed by atoms with Crippen LogP contribution in [0.2, 0.25) is 0 Å². The molecule has 1 aliphatic carbocycles. The molecule has 0 N–H and O–H groups in total. The minimum atomic E-state index is 0.462. The van der Waals surface area contributed by atoms with Crippen LogP contribution in [0.4, 0.5) is 0 Å². The summed E-state index contributed by atoms with van der Waals surface area (Å²) in [6.45, 7) is 6.29. The molecular formula is C8H15N. The van der Waals surface area contributed by atoms with Gasteiger partial charge in [-0.1, -0.05) is 13.5 Å². The predicted octanol–water partition coefficient (Wildman–Crippen LogP) is 1.86. The van der Waals surface area contributed by atoms with Gasteiger partial charge < -0.3 is 4.90 Å². The lowest BCUT2D eigenvalue weighted by molar-refractivity contribution is 0.424. The largest absolute Gasteiger partial charge is 0.381 e. The molecule has 1 rings (SSSR count). The molecule has 0 amide bonds. The molecule has 0 aromatic rings. The maximum atomic E-state index is 4.01. The SMILES string of the molecule is C=C(N(C)C)C1(C)CC1. The van der Waals surface area contributed by atoms with Crippen LogP contribution in [0.25, 0.3) is 0 Å². The van der Waals surface area contributed by atoms with E-state index in [1.54, 1.807) is 0 Å². The van der Waals surface area contributed by atoms with Crippen LogP contribution in [0.3, 0.4) is 0 Å². The molecule has 9 heavy (non-hydrogen) atoms. The van der Waals surface area contributed by atoms with E-state index in [9.17, 15) is 0 Å². The Hall–Kier alpha value is -0.460. The van der Waals surface area contributed by atoms with Gasteiger partial charge in [0.1, 0.15) is 0 Å². The molecule has 0 aromatic heterocycles. The van der Waals surface area contributed by atoms with Crippen molar-refractivity contribution < 1.29 is 0 Å². The Balaban J connectivity index is 2.53. The third kappa shape index (κ3) is 1.09. The molecule has 1 nitrogen and oxygen atoms in total. The molecule has 1 heteroatoms. The normalized spacial score (nSPS) is 21.2. The van der Waals surface area contributed by atoms with E-state index in [-0.39, 0.29) is 0 Å². The monoisotopic (exact) mass is 125 g/mol. The molecule has 0 bridgehead atoms. The van der Waals surface area contributed by atoms with Crippen molar-refractivity contribution in [1.29, 1.82) is 0 Å². The fourth-order valence-corrected chi connectivity index (χ4v) is 1.02. The highest BCUT2D eigenvalue weighted by molar-refractivity contribution is 5.14. The van der Waals surface area contributed by atoms with Crippen LogP contribution < -0.4 is 0 Å². The Kier molecular flexibility index (Phi) is 1.30. The van der Waals surface area contributed by atoms with E-state index in [1.165, 1.54) is 18.5 Å². The van der Waals surface area contributed by atoms with Crippen molar-refractivity contribution >= 4 is 0 Å². The van der Waals surface area contributed by atoms with E-state index in [4.69, 9.17) is 0 Å². The first-order chi connectivity index (χ1) is 4.06. The van der Waals surface area contributed by atoms with Crippen molar-refractivity contribution in [1.82, 2.24) is 4.90 Å². The van der Waals surface area contributed by atoms with Gasteiger partial charge in [0.15, 0.2) is 0 Å². The Morgan fingerprint density at radius 1 is 1.44 bits per heavy atom. The van der Waals surface area contributed by atoms with Crippen LogP contribution in [0.1, 0.15) is 19.8 Å². The second-order valence-corrected chi connectivity index (χ2v) is 3.40. The lowest BCUT2D eigenvalue weighted by atomic mass is 10.1. The van der Waals surface area contributed by atoms with Crippen LogP contribution in [0.5, 0.6) is 0 Å². The van der Waals surface area contributed by atoms with Crippen molar-refractivity contribution in [2.24, 2.45) is 5.41 Å². The first kappa shape index (κ1) is 6.66. The second-order valence-electron chi connectivity index (χ2n) is 3.40. The molecule has 0 radical (unpaired) electrons. The molecule has 0 heterocycles. The maximum Gasteiger partial charge on any atom is 0.0115 e. The summed E-state index contributed by atoms with van der Waals surface area (Å²) >= 11 is 0. The average molecular weight is 125 g/mol. The highest BCUT2D eigenvalue weighted by atomic mass is 15.1. The van der Waals surface area contributed by atoms with Crippen molar-refractivity contribution in [3.8, 4) is 0 Å². The fourth-order valence-electron chi connectivity index (χ4n) is 1.02. The Morgan fingerprint density at radius 2 is 1.89 bits per heavy atom. The molecular weight excluding hydrogens is 110 g/mol. The van der Waals surface area contributed by atoms with E-state index in [1.807, 2.05) is 0 Å². The zero-order chi connectivity index (χ0) is 7.07. The number of hydrogen-bond acceptors (Lipinski definition) is 1. The van der Waals surface area contributed by atoms with Gasteiger partial charge in [-0.2, -0.15) is 0 Å². The van der Waals surface area contributed by atoms with Gasteiger partial charge in [-0.05, 0) is 12.8 Å². The molecule has 0 aromatic carbocycles. The van der Waals surface area contributed by atoms with Gasteiger partial charge in [0.05, 0.1) is 0 Å². The molecule has 1 fully saturated rings. The zero-order valence-corrected chi connectivity index (χ0v) is 6.57. The summed E-state index contributed by atoms with van der Waals surface area (Å²) < 4.78 is 0. The Morgan fingerprint density at radius 3 is 2.00 bits per heavy atom. The summed E-state index contributed by atoms with van der Waals surface area (Å²) in [4.78, 5) is 2.12. The van der Waals surface area contributed by atoms with Gasteiger partial charge in [-0.25, -0.2) is 0 Å². The first-order valence-electron chi connectivity index (χ1n) is 3.43. The minimum absolute atomic E-state index is 0.462. The van der Waals surface area contributed by atoms with Crippen molar-refractivity contribution in [3.05, 3.63) is 12.3 Å². The zero-order valence-electron chi connectivity index (χ0n) is 6.57. The van der Waals surface area contributed by atoms with E-state index in [0.717, 1.165) is 0 Å². The number of rotatable bonds is 2. The lowest BCUT2D eigenvalue weighted by Crippen LogP contribution is -2.16.